The van der Waals surface area contributed by atoms with Crippen molar-refractivity contribution in [1.82, 2.24) is 5.32 Å². The monoisotopic (exact) mass is 328 g/mol. The molecule has 1 saturated heterocycles. The average Bonchev–Trinajstić information content (AvgIpc) is 2.37. The van der Waals surface area contributed by atoms with Gasteiger partial charge < -0.3 is 14.6 Å². The first-order valence-corrected chi connectivity index (χ1v) is 10.7. The van der Waals surface area contributed by atoms with E-state index in [0.717, 1.165) is 13.1 Å². The van der Waals surface area contributed by atoms with Gasteiger partial charge in [-0.25, -0.2) is 8.78 Å². The molecule has 0 bridgehead atoms. The second-order valence-corrected chi connectivity index (χ2v) is 12.1. The van der Waals surface area contributed by atoms with E-state index < -0.39 is 20.0 Å². The molecule has 1 aliphatic heterocycles. The Morgan fingerprint density at radius 3 is 2.05 bits per heavy atom. The SMILES string of the molecule is CC(C)(C)[Si](C)(C)Oc1cc(F)c(N2CCNCC2)c(F)c1. The minimum Gasteiger partial charge on any atom is -0.543 e. The van der Waals surface area contributed by atoms with E-state index in [1.165, 1.54) is 12.1 Å². The minimum absolute atomic E-state index is 0.0167. The molecule has 1 heterocycles. The Balaban J connectivity index is 2.26. The van der Waals surface area contributed by atoms with Gasteiger partial charge in [0.05, 0.1) is 0 Å². The van der Waals surface area contributed by atoms with Crippen LogP contribution >= 0.6 is 0 Å². The molecule has 1 fully saturated rings. The van der Waals surface area contributed by atoms with Crippen LogP contribution in [0.4, 0.5) is 14.5 Å². The Labute approximate surface area is 132 Å². The first-order valence-electron chi connectivity index (χ1n) is 7.75. The summed E-state index contributed by atoms with van der Waals surface area (Å²) in [5.74, 6) is -0.799. The van der Waals surface area contributed by atoms with Gasteiger partial charge >= 0.3 is 0 Å². The highest BCUT2D eigenvalue weighted by Crippen LogP contribution is 2.38. The first kappa shape index (κ1) is 17.2. The summed E-state index contributed by atoms with van der Waals surface area (Å²) in [5, 5.41) is 3.16. The quantitative estimate of drug-likeness (QED) is 0.855. The molecule has 0 spiro atoms. The number of benzene rings is 1. The van der Waals surface area contributed by atoms with Crippen molar-refractivity contribution in [2.45, 2.75) is 38.9 Å². The normalized spacial score (nSPS) is 16.8. The van der Waals surface area contributed by atoms with Gasteiger partial charge in [0.2, 0.25) is 8.32 Å². The summed E-state index contributed by atoms with van der Waals surface area (Å²) >= 11 is 0. The predicted octanol–water partition coefficient (Wildman–Crippen LogP) is 3.76. The molecule has 3 nitrogen and oxygen atoms in total. The molecule has 22 heavy (non-hydrogen) atoms. The summed E-state index contributed by atoms with van der Waals surface area (Å²) in [6.45, 7) is 13.1. The van der Waals surface area contributed by atoms with Crippen LogP contribution in [0, 0.1) is 11.6 Å². The highest BCUT2D eigenvalue weighted by molar-refractivity contribution is 6.74. The van der Waals surface area contributed by atoms with Crippen molar-refractivity contribution in [2.75, 3.05) is 31.1 Å². The molecule has 1 aromatic rings. The number of nitrogens with zero attached hydrogens (tertiary/aromatic N) is 1. The topological polar surface area (TPSA) is 24.5 Å². The summed E-state index contributed by atoms with van der Waals surface area (Å²) in [4.78, 5) is 1.75. The molecule has 0 radical (unpaired) electrons. The Bertz CT molecular complexity index is 514. The lowest BCUT2D eigenvalue weighted by Crippen LogP contribution is -2.44. The van der Waals surface area contributed by atoms with E-state index in [9.17, 15) is 8.78 Å². The lowest BCUT2D eigenvalue weighted by molar-refractivity contribution is 0.477. The summed E-state index contributed by atoms with van der Waals surface area (Å²) in [6, 6.07) is 2.64. The van der Waals surface area contributed by atoms with E-state index in [1.54, 1.807) is 4.90 Å². The molecular formula is C16H26F2N2OSi. The zero-order valence-corrected chi connectivity index (χ0v) is 15.1. The molecule has 0 aliphatic carbocycles. The summed E-state index contributed by atoms with van der Waals surface area (Å²) in [5.41, 5.74) is 0.0593. The third kappa shape index (κ3) is 3.60. The summed E-state index contributed by atoms with van der Waals surface area (Å²) in [7, 11) is -2.11. The van der Waals surface area contributed by atoms with Crippen LogP contribution in [0.25, 0.3) is 0 Å². The average molecular weight is 328 g/mol. The standard InChI is InChI=1S/C16H26F2N2OSi/c1-16(2,3)22(4,5)21-12-10-13(17)15(14(18)11-12)20-8-6-19-7-9-20/h10-11,19H,6-9H2,1-5H3. The maximum Gasteiger partial charge on any atom is 0.250 e. The van der Waals surface area contributed by atoms with Crippen LogP contribution in [-0.4, -0.2) is 34.5 Å². The molecule has 1 aliphatic rings. The van der Waals surface area contributed by atoms with Gasteiger partial charge in [-0.05, 0) is 18.1 Å². The van der Waals surface area contributed by atoms with Crippen LogP contribution in [-0.2, 0) is 0 Å². The molecular weight excluding hydrogens is 302 g/mol. The van der Waals surface area contributed by atoms with Gasteiger partial charge in [0.15, 0.2) is 11.6 Å². The molecule has 1 aromatic carbocycles. The number of piperazine rings is 1. The van der Waals surface area contributed by atoms with Crippen LogP contribution in [0.5, 0.6) is 5.75 Å². The highest BCUT2D eigenvalue weighted by Gasteiger charge is 2.39. The molecule has 124 valence electrons. The number of hydrogen-bond acceptors (Lipinski definition) is 3. The highest BCUT2D eigenvalue weighted by atomic mass is 28.4. The lowest BCUT2D eigenvalue weighted by atomic mass is 10.2. The molecule has 0 saturated carbocycles. The van der Waals surface area contributed by atoms with Gasteiger partial charge in [0, 0.05) is 38.3 Å². The number of hydrogen-bond donors (Lipinski definition) is 1. The van der Waals surface area contributed by atoms with Crippen LogP contribution in [0.2, 0.25) is 18.1 Å². The van der Waals surface area contributed by atoms with Crippen LogP contribution in [0.3, 0.4) is 0 Å². The maximum absolute atomic E-state index is 14.4. The van der Waals surface area contributed by atoms with E-state index in [2.05, 4.69) is 39.2 Å². The Morgan fingerprint density at radius 1 is 1.09 bits per heavy atom. The number of halogens is 2. The van der Waals surface area contributed by atoms with Crippen molar-refractivity contribution in [1.29, 1.82) is 0 Å². The van der Waals surface area contributed by atoms with Crippen LogP contribution < -0.4 is 14.6 Å². The van der Waals surface area contributed by atoms with Gasteiger partial charge in [-0.15, -0.1) is 0 Å². The van der Waals surface area contributed by atoms with Crippen LogP contribution in [0.15, 0.2) is 12.1 Å². The third-order valence-corrected chi connectivity index (χ3v) is 8.96. The van der Waals surface area contributed by atoms with Crippen LogP contribution in [0.1, 0.15) is 20.8 Å². The second kappa shape index (κ2) is 6.16. The van der Waals surface area contributed by atoms with Gasteiger partial charge in [0.1, 0.15) is 11.4 Å². The molecule has 0 aromatic heterocycles. The molecule has 0 amide bonds. The smallest absolute Gasteiger partial charge is 0.250 e. The zero-order valence-electron chi connectivity index (χ0n) is 14.1. The second-order valence-electron chi connectivity index (χ2n) is 7.33. The summed E-state index contributed by atoms with van der Waals surface area (Å²) < 4.78 is 34.8. The molecule has 0 unspecified atom stereocenters. The Kier molecular flexibility index (Phi) is 4.82. The van der Waals surface area contributed by atoms with Gasteiger partial charge in [-0.2, -0.15) is 0 Å². The van der Waals surface area contributed by atoms with E-state index >= 15 is 0 Å². The van der Waals surface area contributed by atoms with Crippen molar-refractivity contribution in [3.05, 3.63) is 23.8 Å². The molecule has 2 rings (SSSR count). The third-order valence-electron chi connectivity index (χ3n) is 4.60. The molecule has 0 atom stereocenters. The van der Waals surface area contributed by atoms with Crippen molar-refractivity contribution in [3.8, 4) is 5.75 Å². The lowest BCUT2D eigenvalue weighted by Gasteiger charge is -2.36. The number of nitrogens with one attached hydrogen (secondary N) is 1. The molecule has 6 heteroatoms. The summed E-state index contributed by atoms with van der Waals surface area (Å²) in [6.07, 6.45) is 0. The van der Waals surface area contributed by atoms with Crippen molar-refractivity contribution < 1.29 is 13.2 Å². The Hall–Kier alpha value is -1.14. The Morgan fingerprint density at radius 2 is 1.59 bits per heavy atom. The van der Waals surface area contributed by atoms with Gasteiger partial charge in [-0.3, -0.25) is 0 Å². The largest absolute Gasteiger partial charge is 0.543 e. The van der Waals surface area contributed by atoms with E-state index in [4.69, 9.17) is 4.43 Å². The van der Waals surface area contributed by atoms with Crippen molar-refractivity contribution >= 4 is 14.0 Å². The minimum atomic E-state index is -2.11. The van der Waals surface area contributed by atoms with E-state index in [1.807, 2.05) is 0 Å². The predicted molar refractivity (Wildman–Crippen MR) is 89.3 cm³/mol. The maximum atomic E-state index is 14.4. The number of anilines is 1. The first-order chi connectivity index (χ1) is 10.1. The fourth-order valence-electron chi connectivity index (χ4n) is 2.24. The number of rotatable bonds is 3. The van der Waals surface area contributed by atoms with E-state index in [-0.39, 0.29) is 10.7 Å². The van der Waals surface area contributed by atoms with Crippen molar-refractivity contribution in [2.24, 2.45) is 0 Å². The van der Waals surface area contributed by atoms with Gasteiger partial charge in [-0.1, -0.05) is 20.8 Å². The fourth-order valence-corrected chi connectivity index (χ4v) is 3.25. The fraction of sp³-hybridized carbons (Fsp3) is 0.625. The molecule has 1 N–H and O–H groups in total. The van der Waals surface area contributed by atoms with E-state index in [0.29, 0.717) is 18.8 Å². The van der Waals surface area contributed by atoms with Gasteiger partial charge in [0.25, 0.3) is 0 Å². The zero-order chi connectivity index (χ0) is 16.5. The van der Waals surface area contributed by atoms with Crippen molar-refractivity contribution in [3.63, 3.8) is 0 Å².